The number of rotatable bonds is 40. The van der Waals surface area contributed by atoms with Gasteiger partial charge < -0.3 is 27.9 Å². The summed E-state index contributed by atoms with van der Waals surface area (Å²) >= 11 is 0. The van der Waals surface area contributed by atoms with Crippen molar-refractivity contribution >= 4 is 13.8 Å². The Balaban J connectivity index is 4.19. The van der Waals surface area contributed by atoms with Crippen molar-refractivity contribution in [1.82, 2.24) is 0 Å². The summed E-state index contributed by atoms with van der Waals surface area (Å²) in [7, 11) is 1.37. The number of likely N-dealkylation sites (N-methyl/N-ethyl adjacent to an activating group) is 1. The van der Waals surface area contributed by atoms with Gasteiger partial charge in [-0.1, -0.05) is 181 Å². The number of carbonyl (C=O) groups is 1. The number of ether oxygens (including phenoxy) is 2. The van der Waals surface area contributed by atoms with Crippen LogP contribution in [0.15, 0.2) is 0 Å². The molecule has 0 aliphatic carbocycles. The second kappa shape index (κ2) is 35.5. The number of carbonyl (C=O) groups excluding carboxylic acids is 1. The number of phosphoric acid groups is 1. The minimum absolute atomic E-state index is 0.0312. The first-order valence-corrected chi connectivity index (χ1v) is 22.7. The van der Waals surface area contributed by atoms with Gasteiger partial charge in [-0.05, 0) is 12.8 Å². The van der Waals surface area contributed by atoms with Gasteiger partial charge in [0.2, 0.25) is 0 Å². The normalized spacial score (nSPS) is 13.8. The van der Waals surface area contributed by atoms with E-state index < -0.39 is 13.9 Å². The highest BCUT2D eigenvalue weighted by atomic mass is 31.2. The van der Waals surface area contributed by atoms with Gasteiger partial charge in [0.25, 0.3) is 7.82 Å². The van der Waals surface area contributed by atoms with Crippen LogP contribution in [0.4, 0.5) is 0 Å². The fraction of sp³-hybridized carbons (Fsp3) is 0.976. The van der Waals surface area contributed by atoms with Gasteiger partial charge in [0.15, 0.2) is 0 Å². The molecule has 0 bridgehead atoms. The monoisotopic (exact) mass is 734 g/mol. The molecule has 1 unspecified atom stereocenters. The average Bonchev–Trinajstić information content (AvgIpc) is 3.06. The quantitative estimate of drug-likeness (QED) is 0.0268. The predicted molar refractivity (Wildman–Crippen MR) is 208 cm³/mol. The van der Waals surface area contributed by atoms with E-state index in [1.165, 1.54) is 148 Å². The Labute approximate surface area is 310 Å². The molecule has 300 valence electrons. The van der Waals surface area contributed by atoms with Crippen molar-refractivity contribution < 1.29 is 37.3 Å². The van der Waals surface area contributed by atoms with E-state index in [4.69, 9.17) is 18.5 Å². The van der Waals surface area contributed by atoms with Gasteiger partial charge in [-0.3, -0.25) is 9.36 Å². The maximum Gasteiger partial charge on any atom is 0.306 e. The molecule has 9 heteroatoms. The van der Waals surface area contributed by atoms with E-state index in [0.29, 0.717) is 24.1 Å². The molecule has 0 amide bonds. The Morgan fingerprint density at radius 3 is 1.32 bits per heavy atom. The molecule has 0 heterocycles. The lowest BCUT2D eigenvalue weighted by molar-refractivity contribution is -0.870. The van der Waals surface area contributed by atoms with Gasteiger partial charge >= 0.3 is 5.97 Å². The highest BCUT2D eigenvalue weighted by Gasteiger charge is 2.20. The number of quaternary nitrogens is 1. The van der Waals surface area contributed by atoms with Gasteiger partial charge in [0.05, 0.1) is 34.4 Å². The second-order valence-electron chi connectivity index (χ2n) is 15.7. The maximum atomic E-state index is 12.6. The molecule has 0 spiro atoms. The Kier molecular flexibility index (Phi) is 35.2. The lowest BCUT2D eigenvalue weighted by Crippen LogP contribution is -2.37. The molecular weight excluding hydrogens is 649 g/mol. The molecule has 8 nitrogen and oxygen atoms in total. The number of nitrogens with zero attached hydrogens (tertiary/aromatic N) is 1. The third kappa shape index (κ3) is 38.7. The van der Waals surface area contributed by atoms with Crippen molar-refractivity contribution in [3.8, 4) is 0 Å². The highest BCUT2D eigenvalue weighted by Crippen LogP contribution is 2.38. The fourth-order valence-electron chi connectivity index (χ4n) is 6.08. The van der Waals surface area contributed by atoms with Crippen LogP contribution in [0.3, 0.4) is 0 Å². The molecule has 0 fully saturated rings. The number of phosphoric ester groups is 1. The summed E-state index contributed by atoms with van der Waals surface area (Å²) in [5.74, 6) is -0.330. The van der Waals surface area contributed by atoms with E-state index in [1.54, 1.807) is 0 Å². The van der Waals surface area contributed by atoms with Crippen LogP contribution in [0.25, 0.3) is 0 Å². The standard InChI is InChI=1S/C41H84NO7P/c1-6-8-10-12-14-16-18-20-21-22-23-25-27-29-31-33-36-46-38-40(39-48-50(44,45)47-37-35-42(3,4)5)49-41(43)34-32-30-28-26-24-19-17-15-13-11-9-7-2/h40H,6-39H2,1-5H3/t40-/m1/s1. The largest absolute Gasteiger partial charge is 0.756 e. The van der Waals surface area contributed by atoms with Gasteiger partial charge in [-0.15, -0.1) is 0 Å². The van der Waals surface area contributed by atoms with E-state index >= 15 is 0 Å². The van der Waals surface area contributed by atoms with Gasteiger partial charge in [0.1, 0.15) is 19.3 Å². The molecule has 0 aliphatic heterocycles. The fourth-order valence-corrected chi connectivity index (χ4v) is 6.81. The van der Waals surface area contributed by atoms with E-state index in [-0.39, 0.29) is 25.8 Å². The Morgan fingerprint density at radius 2 is 0.920 bits per heavy atom. The summed E-state index contributed by atoms with van der Waals surface area (Å²) in [6.07, 6.45) is 35.3. The Bertz CT molecular complexity index is 777. The predicted octanol–water partition coefficient (Wildman–Crippen LogP) is 11.5. The summed E-state index contributed by atoms with van der Waals surface area (Å²) in [6.45, 7) is 5.45. The molecule has 0 aromatic carbocycles. The van der Waals surface area contributed by atoms with Crippen LogP contribution >= 0.6 is 7.82 Å². The van der Waals surface area contributed by atoms with Crippen LogP contribution in [-0.4, -0.2) is 70.7 Å². The van der Waals surface area contributed by atoms with Crippen molar-refractivity contribution in [3.05, 3.63) is 0 Å². The number of esters is 1. The lowest BCUT2D eigenvalue weighted by Gasteiger charge is -2.28. The summed E-state index contributed by atoms with van der Waals surface area (Å²) in [4.78, 5) is 25.0. The molecule has 0 saturated heterocycles. The molecule has 0 radical (unpaired) electrons. The SMILES string of the molecule is CCCCCCCCCCCCCCCCCCOC[C@H](COP(=O)([O-])OCC[N+](C)(C)C)OC(=O)CCCCCCCCCCCCCC. The summed E-state index contributed by atoms with van der Waals surface area (Å²) in [6, 6.07) is 0. The van der Waals surface area contributed by atoms with Crippen molar-refractivity contribution in [3.63, 3.8) is 0 Å². The third-order valence-corrected chi connectivity index (χ3v) is 10.4. The molecule has 2 atom stereocenters. The van der Waals surface area contributed by atoms with E-state index in [9.17, 15) is 14.3 Å². The molecule has 0 rings (SSSR count). The number of hydrogen-bond acceptors (Lipinski definition) is 7. The molecule has 50 heavy (non-hydrogen) atoms. The zero-order valence-corrected chi connectivity index (χ0v) is 34.8. The molecule has 0 saturated carbocycles. The van der Waals surface area contributed by atoms with Gasteiger partial charge in [0, 0.05) is 13.0 Å². The minimum atomic E-state index is -4.51. The van der Waals surface area contributed by atoms with E-state index in [1.807, 2.05) is 21.1 Å². The minimum Gasteiger partial charge on any atom is -0.756 e. The zero-order valence-electron chi connectivity index (χ0n) is 33.9. The van der Waals surface area contributed by atoms with Crippen LogP contribution in [0, 0.1) is 0 Å². The van der Waals surface area contributed by atoms with Crippen LogP contribution in [-0.2, 0) is 27.9 Å². The van der Waals surface area contributed by atoms with Crippen LogP contribution in [0.5, 0.6) is 0 Å². The first-order chi connectivity index (χ1) is 24.1. The molecule has 0 aliphatic rings. The number of unbranched alkanes of at least 4 members (excludes halogenated alkanes) is 26. The topological polar surface area (TPSA) is 94.1 Å². The first-order valence-electron chi connectivity index (χ1n) is 21.3. The number of hydrogen-bond donors (Lipinski definition) is 0. The molecule has 0 aromatic heterocycles. The summed E-state index contributed by atoms with van der Waals surface area (Å²) in [5.41, 5.74) is 0. The first kappa shape index (κ1) is 49.5. The second-order valence-corrected chi connectivity index (χ2v) is 17.1. The van der Waals surface area contributed by atoms with Crippen LogP contribution in [0.1, 0.15) is 200 Å². The van der Waals surface area contributed by atoms with Crippen LogP contribution < -0.4 is 4.89 Å². The third-order valence-electron chi connectivity index (χ3n) is 9.41. The molecule has 0 aromatic rings. The Morgan fingerprint density at radius 1 is 0.540 bits per heavy atom. The van der Waals surface area contributed by atoms with Crippen molar-refractivity contribution in [2.24, 2.45) is 0 Å². The zero-order chi connectivity index (χ0) is 37.0. The maximum absolute atomic E-state index is 12.6. The van der Waals surface area contributed by atoms with Crippen molar-refractivity contribution in [2.75, 3.05) is 54.1 Å². The van der Waals surface area contributed by atoms with Crippen molar-refractivity contribution in [1.29, 1.82) is 0 Å². The van der Waals surface area contributed by atoms with Crippen LogP contribution in [0.2, 0.25) is 0 Å². The molecule has 0 N–H and O–H groups in total. The lowest BCUT2D eigenvalue weighted by atomic mass is 10.0. The summed E-state index contributed by atoms with van der Waals surface area (Å²) in [5, 5.41) is 0. The Hall–Kier alpha value is -0.500. The molecular formula is C41H84NO7P. The summed E-state index contributed by atoms with van der Waals surface area (Å²) < 4.78 is 34.5. The smallest absolute Gasteiger partial charge is 0.306 e. The van der Waals surface area contributed by atoms with Gasteiger partial charge in [-0.2, -0.15) is 0 Å². The average molecular weight is 734 g/mol. The highest BCUT2D eigenvalue weighted by molar-refractivity contribution is 7.45. The van der Waals surface area contributed by atoms with E-state index in [0.717, 1.165) is 32.1 Å². The van der Waals surface area contributed by atoms with E-state index in [2.05, 4.69) is 13.8 Å². The van der Waals surface area contributed by atoms with Crippen molar-refractivity contribution in [2.45, 2.75) is 206 Å². The van der Waals surface area contributed by atoms with Gasteiger partial charge in [-0.25, -0.2) is 0 Å².